The molecule has 22 rings (SSSR count). The van der Waals surface area contributed by atoms with E-state index in [1.165, 1.54) is 76.6 Å². The Kier molecular flexibility index (Phi) is 14.4. The van der Waals surface area contributed by atoms with E-state index in [2.05, 4.69) is 345 Å². The van der Waals surface area contributed by atoms with Crippen molar-refractivity contribution in [3.8, 4) is 90.3 Å². The van der Waals surface area contributed by atoms with Crippen molar-refractivity contribution >= 4 is 109 Å². The van der Waals surface area contributed by atoms with E-state index in [1.807, 2.05) is 54.7 Å². The highest BCUT2D eigenvalue weighted by molar-refractivity contribution is 6.17. The van der Waals surface area contributed by atoms with Crippen LogP contribution in [0.4, 0.5) is 0 Å². The summed E-state index contributed by atoms with van der Waals surface area (Å²) in [6.07, 6.45) is 1.83. The number of para-hydroxylation sites is 6. The lowest BCUT2D eigenvalue weighted by Gasteiger charge is -2.14. The van der Waals surface area contributed by atoms with Crippen molar-refractivity contribution in [1.82, 2.24) is 38.2 Å². The van der Waals surface area contributed by atoms with Crippen LogP contribution >= 0.6 is 0 Å². The standard InChI is InChI=1S/C51H33N5.C47H29N3O/c1-5-17-34(18-6-1)41-32-44-40-26-14-16-28-46(40)56(51-53-49(35-19-7-2-8-20-35)52-50(54-51)36-21-9-3-10-22-36)48(44)33-42(41)37-29-30-47-43(31-37)39-25-13-15-27-45(39)55(47)38-23-11-4-12-24-38;1-3-12-30(13-4-1)36-28-39-35-17-8-10-19-42(35)50(33-22-24-45-40(27-33)47-46(51-45)20-11-25-48-47)44(39)29-37(36)31-21-23-43-38(26-31)34-16-7-9-18-41(34)49(43)32-14-5-2-6-15-32/h1-33H;1-29H. The average molecular weight is 1370 g/mol. The maximum absolute atomic E-state index is 6.16. The van der Waals surface area contributed by atoms with Gasteiger partial charge in [-0.15, -0.1) is 0 Å². The number of hydrogen-bond donors (Lipinski definition) is 0. The maximum Gasteiger partial charge on any atom is 0.238 e. The minimum atomic E-state index is 0.573. The largest absolute Gasteiger partial charge is 0.454 e. The molecule has 0 saturated carbocycles. The normalized spacial score (nSPS) is 11.7. The second-order valence-electron chi connectivity index (χ2n) is 27.3. The summed E-state index contributed by atoms with van der Waals surface area (Å²) in [6.45, 7) is 0. The van der Waals surface area contributed by atoms with Crippen LogP contribution in [0.5, 0.6) is 0 Å². The zero-order chi connectivity index (χ0) is 70.5. The molecule has 0 unspecified atom stereocenters. The highest BCUT2D eigenvalue weighted by Crippen LogP contribution is 2.46. The van der Waals surface area contributed by atoms with Crippen molar-refractivity contribution in [3.63, 3.8) is 0 Å². The monoisotopic (exact) mass is 1370 g/mol. The molecular formula is C98H62N8O. The highest BCUT2D eigenvalue weighted by Gasteiger charge is 2.25. The molecule has 9 heteroatoms. The van der Waals surface area contributed by atoms with Crippen molar-refractivity contribution in [2.45, 2.75) is 0 Å². The van der Waals surface area contributed by atoms with Crippen LogP contribution in [-0.2, 0) is 0 Å². The van der Waals surface area contributed by atoms with Crippen molar-refractivity contribution in [1.29, 1.82) is 0 Å². The van der Waals surface area contributed by atoms with Gasteiger partial charge < -0.3 is 18.1 Å². The van der Waals surface area contributed by atoms with Gasteiger partial charge in [0.2, 0.25) is 5.95 Å². The fourth-order valence-electron chi connectivity index (χ4n) is 16.3. The van der Waals surface area contributed by atoms with Crippen LogP contribution in [0.3, 0.4) is 0 Å². The molecule has 500 valence electrons. The van der Waals surface area contributed by atoms with Crippen molar-refractivity contribution in [2.24, 2.45) is 0 Å². The van der Waals surface area contributed by atoms with Gasteiger partial charge in [0, 0.05) is 82.9 Å². The molecule has 0 amide bonds. The Balaban J connectivity index is 0.000000138. The number of benzene rings is 15. The highest BCUT2D eigenvalue weighted by atomic mass is 16.3. The van der Waals surface area contributed by atoms with Gasteiger partial charge in [-0.1, -0.05) is 243 Å². The topological polar surface area (TPSA) is 84.4 Å². The molecule has 0 aliphatic heterocycles. The first-order chi connectivity index (χ1) is 53.1. The van der Waals surface area contributed by atoms with Crippen LogP contribution < -0.4 is 0 Å². The van der Waals surface area contributed by atoms with Gasteiger partial charge in [0.25, 0.3) is 0 Å². The smallest absolute Gasteiger partial charge is 0.238 e. The van der Waals surface area contributed by atoms with Crippen LogP contribution in [0, 0.1) is 0 Å². The van der Waals surface area contributed by atoms with E-state index in [-0.39, 0.29) is 0 Å². The van der Waals surface area contributed by atoms with E-state index in [9.17, 15) is 0 Å². The number of furan rings is 1. The van der Waals surface area contributed by atoms with Gasteiger partial charge >= 0.3 is 0 Å². The minimum Gasteiger partial charge on any atom is -0.454 e. The Morgan fingerprint density at radius 2 is 0.570 bits per heavy atom. The molecule has 0 N–H and O–H groups in total. The third kappa shape index (κ3) is 10.2. The Morgan fingerprint density at radius 1 is 0.206 bits per heavy atom. The molecule has 107 heavy (non-hydrogen) atoms. The molecule has 9 nitrogen and oxygen atoms in total. The lowest BCUT2D eigenvalue weighted by Crippen LogP contribution is -2.06. The van der Waals surface area contributed by atoms with Gasteiger partial charge in [0.1, 0.15) is 11.1 Å². The zero-order valence-electron chi connectivity index (χ0n) is 57.8. The molecule has 0 atom stereocenters. The van der Waals surface area contributed by atoms with Crippen molar-refractivity contribution < 1.29 is 4.42 Å². The lowest BCUT2D eigenvalue weighted by molar-refractivity contribution is 0.668. The molecule has 0 saturated heterocycles. The SMILES string of the molecule is c1ccc(-c2cc3c4ccccc4n(-c4ccc5oc6cccnc6c5c4)c3cc2-c2ccc3c(c2)c2ccccc2n3-c2ccccc2)cc1.c1ccc(-c2nc(-c3ccccc3)nc(-n3c4ccccc4c4cc(-c5ccccc5)c(-c5ccc6c(c5)c5ccccc5n6-c5ccccc5)cc43)n2)cc1. The van der Waals surface area contributed by atoms with E-state index in [4.69, 9.17) is 19.4 Å². The first-order valence-electron chi connectivity index (χ1n) is 36.2. The lowest BCUT2D eigenvalue weighted by atomic mass is 9.92. The molecule has 0 radical (unpaired) electrons. The predicted octanol–water partition coefficient (Wildman–Crippen LogP) is 25.2. The molecule has 7 aromatic heterocycles. The van der Waals surface area contributed by atoms with E-state index in [0.29, 0.717) is 17.6 Å². The third-order valence-corrected chi connectivity index (χ3v) is 21.1. The first kappa shape index (κ1) is 61.2. The summed E-state index contributed by atoms with van der Waals surface area (Å²) in [5, 5.41) is 10.6. The maximum atomic E-state index is 6.16. The first-order valence-corrected chi connectivity index (χ1v) is 36.2. The van der Waals surface area contributed by atoms with Gasteiger partial charge in [0.15, 0.2) is 17.2 Å². The van der Waals surface area contributed by atoms with Crippen molar-refractivity contribution in [2.75, 3.05) is 0 Å². The second kappa shape index (κ2) is 25.2. The summed E-state index contributed by atoms with van der Waals surface area (Å²) >= 11 is 0. The van der Waals surface area contributed by atoms with Gasteiger partial charge in [-0.2, -0.15) is 9.97 Å². The Hall–Kier alpha value is -14.5. The molecule has 22 aromatic rings. The number of nitrogens with zero attached hydrogens (tertiary/aromatic N) is 8. The molecule has 0 fully saturated rings. The Labute approximate surface area is 614 Å². The minimum absolute atomic E-state index is 0.573. The van der Waals surface area contributed by atoms with Gasteiger partial charge in [-0.3, -0.25) is 9.55 Å². The van der Waals surface area contributed by atoms with E-state index in [0.717, 1.165) is 105 Å². The third-order valence-electron chi connectivity index (χ3n) is 21.1. The number of rotatable bonds is 10. The van der Waals surface area contributed by atoms with Gasteiger partial charge in [0.05, 0.1) is 44.1 Å². The quantitative estimate of drug-likeness (QED) is 0.136. The van der Waals surface area contributed by atoms with Crippen LogP contribution in [-0.4, -0.2) is 38.2 Å². The summed E-state index contributed by atoms with van der Waals surface area (Å²) in [6, 6.07) is 131. The van der Waals surface area contributed by atoms with Crippen LogP contribution in [0.1, 0.15) is 0 Å². The Morgan fingerprint density at radius 3 is 1.03 bits per heavy atom. The fraction of sp³-hybridized carbons (Fsp3) is 0. The van der Waals surface area contributed by atoms with E-state index in [1.54, 1.807) is 0 Å². The summed E-state index contributed by atoms with van der Waals surface area (Å²) in [5.41, 5.74) is 26.2. The molecule has 7 heterocycles. The van der Waals surface area contributed by atoms with Crippen molar-refractivity contribution in [3.05, 3.63) is 376 Å². The molecule has 0 aliphatic rings. The van der Waals surface area contributed by atoms with E-state index >= 15 is 0 Å². The molecule has 0 aliphatic carbocycles. The molecular weight excluding hydrogens is 1310 g/mol. The number of fused-ring (bicyclic) bond motifs is 15. The van der Waals surface area contributed by atoms with Gasteiger partial charge in [-0.25, -0.2) is 4.98 Å². The fourth-order valence-corrected chi connectivity index (χ4v) is 16.3. The molecule has 0 spiro atoms. The average Bonchev–Trinajstić information content (AvgIpc) is 1.59. The summed E-state index contributed by atoms with van der Waals surface area (Å²) < 4.78 is 15.5. The second-order valence-corrected chi connectivity index (χ2v) is 27.3. The van der Waals surface area contributed by atoms with Crippen LogP contribution in [0.2, 0.25) is 0 Å². The zero-order valence-corrected chi connectivity index (χ0v) is 57.8. The molecule has 0 bridgehead atoms. The van der Waals surface area contributed by atoms with Crippen LogP contribution in [0.15, 0.2) is 381 Å². The number of hydrogen-bond acceptors (Lipinski definition) is 5. The number of pyridine rings is 1. The Bertz CT molecular complexity index is 7160. The summed E-state index contributed by atoms with van der Waals surface area (Å²) in [7, 11) is 0. The van der Waals surface area contributed by atoms with Gasteiger partial charge in [-0.05, 0) is 172 Å². The molecule has 15 aromatic carbocycles. The van der Waals surface area contributed by atoms with Crippen LogP contribution in [0.25, 0.3) is 200 Å². The number of aromatic nitrogens is 8. The van der Waals surface area contributed by atoms with E-state index < -0.39 is 0 Å². The summed E-state index contributed by atoms with van der Waals surface area (Å²) in [4.78, 5) is 20.1. The summed E-state index contributed by atoms with van der Waals surface area (Å²) in [5.74, 6) is 1.83. The predicted molar refractivity (Wildman–Crippen MR) is 441 cm³/mol.